The highest BCUT2D eigenvalue weighted by Crippen LogP contribution is 2.36. The molecule has 1 heterocycles. The molecule has 0 spiro atoms. The van der Waals surface area contributed by atoms with Gasteiger partial charge in [0.05, 0.1) is 0 Å². The van der Waals surface area contributed by atoms with Gasteiger partial charge in [0.1, 0.15) is 0 Å². The summed E-state index contributed by atoms with van der Waals surface area (Å²) in [6.07, 6.45) is 8.48. The Morgan fingerprint density at radius 2 is 2.10 bits per heavy atom. The summed E-state index contributed by atoms with van der Waals surface area (Å²) < 4.78 is 0. The highest BCUT2D eigenvalue weighted by Gasteiger charge is 2.21. The first kappa shape index (κ1) is 14.5. The van der Waals surface area contributed by atoms with Crippen LogP contribution >= 0.6 is 11.8 Å². The van der Waals surface area contributed by atoms with Gasteiger partial charge in [-0.25, -0.2) is 0 Å². The van der Waals surface area contributed by atoms with Crippen LogP contribution in [0.25, 0.3) is 0 Å². The zero-order valence-corrected chi connectivity index (χ0v) is 13.4. The molecule has 0 saturated heterocycles. The van der Waals surface area contributed by atoms with Gasteiger partial charge < -0.3 is 5.32 Å². The minimum absolute atomic E-state index is 0.591. The van der Waals surface area contributed by atoms with Gasteiger partial charge in [-0.15, -0.1) is 11.8 Å². The van der Waals surface area contributed by atoms with Crippen molar-refractivity contribution in [3.05, 3.63) is 29.8 Å². The van der Waals surface area contributed by atoms with Gasteiger partial charge >= 0.3 is 0 Å². The summed E-state index contributed by atoms with van der Waals surface area (Å²) >= 11 is 2.01. The molecule has 0 aromatic heterocycles. The second-order valence-electron chi connectivity index (χ2n) is 6.61. The van der Waals surface area contributed by atoms with Gasteiger partial charge in [0, 0.05) is 10.9 Å². The molecule has 1 aromatic rings. The molecule has 3 unspecified atom stereocenters. The Bertz CT molecular complexity index is 431. The van der Waals surface area contributed by atoms with E-state index in [-0.39, 0.29) is 0 Å². The van der Waals surface area contributed by atoms with Crippen molar-refractivity contribution >= 4 is 11.8 Å². The lowest BCUT2D eigenvalue weighted by Gasteiger charge is -2.29. The third-order valence-corrected chi connectivity index (χ3v) is 6.07. The second kappa shape index (κ2) is 7.00. The van der Waals surface area contributed by atoms with E-state index in [9.17, 15) is 0 Å². The molecule has 2 heteroatoms. The van der Waals surface area contributed by atoms with E-state index < -0.39 is 0 Å². The van der Waals surface area contributed by atoms with Crippen LogP contribution in [0.1, 0.15) is 57.1 Å². The Balaban J connectivity index is 1.49. The van der Waals surface area contributed by atoms with Gasteiger partial charge in [-0.3, -0.25) is 0 Å². The summed E-state index contributed by atoms with van der Waals surface area (Å²) in [4.78, 5) is 1.49. The van der Waals surface area contributed by atoms with Gasteiger partial charge in [-0.05, 0) is 55.0 Å². The topological polar surface area (TPSA) is 12.0 Å². The number of hydrogen-bond donors (Lipinski definition) is 1. The second-order valence-corrected chi connectivity index (χ2v) is 7.74. The Morgan fingerprint density at radius 1 is 1.20 bits per heavy atom. The molecule has 1 aliphatic carbocycles. The lowest BCUT2D eigenvalue weighted by atomic mass is 9.81. The number of hydrogen-bond acceptors (Lipinski definition) is 2. The molecular formula is C18H27NS. The average Bonchev–Trinajstić information content (AvgIpc) is 2.48. The first-order valence-corrected chi connectivity index (χ1v) is 9.26. The summed E-state index contributed by atoms with van der Waals surface area (Å²) in [7, 11) is 0. The maximum atomic E-state index is 3.83. The van der Waals surface area contributed by atoms with Crippen molar-refractivity contribution in [2.24, 2.45) is 11.8 Å². The largest absolute Gasteiger partial charge is 0.310 e. The lowest BCUT2D eigenvalue weighted by molar-refractivity contribution is 0.264. The SMILES string of the molecule is CC1CCCC(CCNC2CCSc3ccccc32)C1. The number of thioether (sulfide) groups is 1. The van der Waals surface area contributed by atoms with Crippen LogP contribution < -0.4 is 5.32 Å². The maximum absolute atomic E-state index is 3.83. The number of benzene rings is 1. The van der Waals surface area contributed by atoms with Gasteiger partial charge in [0.15, 0.2) is 0 Å². The molecule has 0 radical (unpaired) electrons. The molecule has 3 atom stereocenters. The van der Waals surface area contributed by atoms with E-state index in [1.807, 2.05) is 11.8 Å². The lowest BCUT2D eigenvalue weighted by Crippen LogP contribution is -2.27. The summed E-state index contributed by atoms with van der Waals surface area (Å²) in [6.45, 7) is 3.62. The van der Waals surface area contributed by atoms with Gasteiger partial charge in [0.25, 0.3) is 0 Å². The minimum Gasteiger partial charge on any atom is -0.310 e. The third-order valence-electron chi connectivity index (χ3n) is 4.95. The van der Waals surface area contributed by atoms with Gasteiger partial charge in [0.2, 0.25) is 0 Å². The van der Waals surface area contributed by atoms with Gasteiger partial charge in [-0.1, -0.05) is 44.4 Å². The number of fused-ring (bicyclic) bond motifs is 1. The van der Waals surface area contributed by atoms with Crippen LogP contribution in [-0.4, -0.2) is 12.3 Å². The summed E-state index contributed by atoms with van der Waals surface area (Å²) in [6, 6.07) is 9.52. The van der Waals surface area contributed by atoms with E-state index in [0.717, 1.165) is 11.8 Å². The van der Waals surface area contributed by atoms with E-state index in [0.29, 0.717) is 6.04 Å². The van der Waals surface area contributed by atoms with Crippen molar-refractivity contribution in [2.45, 2.75) is 56.4 Å². The highest BCUT2D eigenvalue weighted by atomic mass is 32.2. The van der Waals surface area contributed by atoms with Crippen LogP contribution in [0.4, 0.5) is 0 Å². The molecule has 1 nitrogen and oxygen atoms in total. The molecule has 1 fully saturated rings. The van der Waals surface area contributed by atoms with Crippen LogP contribution in [0, 0.1) is 11.8 Å². The third kappa shape index (κ3) is 3.59. The van der Waals surface area contributed by atoms with Crippen LogP contribution in [0.5, 0.6) is 0 Å². The standard InChI is InChI=1S/C18H27NS/c1-14-5-4-6-15(13-14)9-11-19-17-10-12-20-18-8-3-2-7-16(17)18/h2-3,7-8,14-15,17,19H,4-6,9-13H2,1H3. The normalized spacial score (nSPS) is 29.9. The Kier molecular flexibility index (Phi) is 5.06. The Labute approximate surface area is 127 Å². The van der Waals surface area contributed by atoms with Crippen LogP contribution in [0.2, 0.25) is 0 Å². The van der Waals surface area contributed by atoms with E-state index in [1.165, 1.54) is 61.3 Å². The van der Waals surface area contributed by atoms with Crippen molar-refractivity contribution in [1.29, 1.82) is 0 Å². The Morgan fingerprint density at radius 3 is 3.00 bits per heavy atom. The molecule has 20 heavy (non-hydrogen) atoms. The molecule has 3 rings (SSSR count). The fourth-order valence-corrected chi connectivity index (χ4v) is 4.96. The van der Waals surface area contributed by atoms with Crippen molar-refractivity contribution < 1.29 is 0 Å². The van der Waals surface area contributed by atoms with E-state index in [1.54, 1.807) is 0 Å². The fourth-order valence-electron chi connectivity index (χ4n) is 3.84. The molecule has 1 saturated carbocycles. The monoisotopic (exact) mass is 289 g/mol. The predicted octanol–water partition coefficient (Wildman–Crippen LogP) is 5.03. The van der Waals surface area contributed by atoms with Crippen molar-refractivity contribution in [3.8, 4) is 0 Å². The van der Waals surface area contributed by atoms with Crippen LogP contribution in [-0.2, 0) is 0 Å². The zero-order chi connectivity index (χ0) is 13.8. The van der Waals surface area contributed by atoms with Crippen molar-refractivity contribution in [2.75, 3.05) is 12.3 Å². The summed E-state index contributed by atoms with van der Waals surface area (Å²) in [5.41, 5.74) is 1.53. The number of rotatable bonds is 4. The molecule has 1 aliphatic heterocycles. The van der Waals surface area contributed by atoms with Crippen LogP contribution in [0.15, 0.2) is 29.2 Å². The van der Waals surface area contributed by atoms with Crippen molar-refractivity contribution in [1.82, 2.24) is 5.32 Å². The molecule has 1 N–H and O–H groups in total. The van der Waals surface area contributed by atoms with Crippen molar-refractivity contribution in [3.63, 3.8) is 0 Å². The average molecular weight is 289 g/mol. The summed E-state index contributed by atoms with van der Waals surface area (Å²) in [5.74, 6) is 3.19. The van der Waals surface area contributed by atoms with E-state index >= 15 is 0 Å². The molecule has 2 aliphatic rings. The maximum Gasteiger partial charge on any atom is 0.0339 e. The zero-order valence-electron chi connectivity index (χ0n) is 12.6. The quantitative estimate of drug-likeness (QED) is 0.834. The van der Waals surface area contributed by atoms with E-state index in [2.05, 4.69) is 36.5 Å². The van der Waals surface area contributed by atoms with Crippen LogP contribution in [0.3, 0.4) is 0 Å². The Hall–Kier alpha value is -0.470. The van der Waals surface area contributed by atoms with Gasteiger partial charge in [-0.2, -0.15) is 0 Å². The number of nitrogens with one attached hydrogen (secondary N) is 1. The van der Waals surface area contributed by atoms with E-state index in [4.69, 9.17) is 0 Å². The fraction of sp³-hybridized carbons (Fsp3) is 0.667. The molecule has 0 amide bonds. The first-order chi connectivity index (χ1) is 9.83. The molecule has 0 bridgehead atoms. The highest BCUT2D eigenvalue weighted by molar-refractivity contribution is 7.99. The minimum atomic E-state index is 0.591. The molecular weight excluding hydrogens is 262 g/mol. The smallest absolute Gasteiger partial charge is 0.0339 e. The molecule has 110 valence electrons. The summed E-state index contributed by atoms with van der Waals surface area (Å²) in [5, 5.41) is 3.83. The first-order valence-electron chi connectivity index (χ1n) is 8.28. The molecule has 1 aromatic carbocycles. The predicted molar refractivity (Wildman–Crippen MR) is 88.3 cm³/mol.